The highest BCUT2D eigenvalue weighted by molar-refractivity contribution is 6.33. The van der Waals surface area contributed by atoms with Gasteiger partial charge in [0.05, 0.1) is 10.7 Å². The lowest BCUT2D eigenvalue weighted by atomic mass is 9.92. The van der Waals surface area contributed by atoms with Gasteiger partial charge in [-0.05, 0) is 62.2 Å². The molecule has 0 spiro atoms. The van der Waals surface area contributed by atoms with E-state index in [4.69, 9.17) is 21.6 Å². The van der Waals surface area contributed by atoms with Crippen molar-refractivity contribution in [2.45, 2.75) is 59.0 Å². The van der Waals surface area contributed by atoms with Gasteiger partial charge >= 0.3 is 0 Å². The molecule has 3 aromatic heterocycles. The highest BCUT2D eigenvalue weighted by Gasteiger charge is 2.22. The Balaban J connectivity index is 1.65. The first-order valence-corrected chi connectivity index (χ1v) is 12.3. The third-order valence-corrected chi connectivity index (χ3v) is 6.57. The van der Waals surface area contributed by atoms with E-state index in [1.54, 1.807) is 15.6 Å². The summed E-state index contributed by atoms with van der Waals surface area (Å²) >= 11 is 6.57. The maximum absolute atomic E-state index is 13.3. The highest BCUT2D eigenvalue weighted by atomic mass is 35.5. The molecule has 0 amide bonds. The third kappa shape index (κ3) is 4.32. The topological polar surface area (TPSA) is 89.7 Å². The lowest BCUT2D eigenvalue weighted by Gasteiger charge is -2.20. The van der Waals surface area contributed by atoms with Gasteiger partial charge in [-0.1, -0.05) is 38.4 Å². The minimum absolute atomic E-state index is 0.100. The maximum Gasteiger partial charge on any atom is 0.278 e. The number of rotatable bonds is 4. The average molecular weight is 492 g/mol. The first-order chi connectivity index (χ1) is 16.6. The Labute approximate surface area is 209 Å². The Morgan fingerprint density at radius 3 is 2.69 bits per heavy atom. The van der Waals surface area contributed by atoms with Crippen molar-refractivity contribution in [1.82, 2.24) is 29.6 Å². The van der Waals surface area contributed by atoms with Crippen LogP contribution in [0.15, 0.2) is 41.3 Å². The van der Waals surface area contributed by atoms with Crippen LogP contribution in [-0.2, 0) is 18.4 Å². The summed E-state index contributed by atoms with van der Waals surface area (Å²) in [6, 6.07) is 9.81. The largest absolute Gasteiger partial charge is 0.323 e. The van der Waals surface area contributed by atoms with Crippen LogP contribution in [0.3, 0.4) is 0 Å². The molecule has 1 aromatic carbocycles. The Morgan fingerprint density at radius 2 is 1.94 bits per heavy atom. The molecule has 0 aliphatic carbocycles. The van der Waals surface area contributed by atoms with Crippen molar-refractivity contribution >= 4 is 34.3 Å². The monoisotopic (exact) mass is 491 g/mol. The first kappa shape index (κ1) is 23.5. The van der Waals surface area contributed by atoms with Crippen LogP contribution in [0.5, 0.6) is 0 Å². The average Bonchev–Trinajstić information content (AvgIpc) is 3.11. The molecule has 0 radical (unpaired) electrons. The SMILES string of the molecule is CC(C)n1c(=O)c2cnc(Nc3cc4c(cc3Cl)CNCC4)nc2n1-c1cccc(C(C)(C)C)n1. The number of fused-ring (bicyclic) bond motifs is 2. The molecule has 0 fully saturated rings. The van der Waals surface area contributed by atoms with Crippen LogP contribution < -0.4 is 16.2 Å². The van der Waals surface area contributed by atoms with E-state index in [1.807, 2.05) is 38.1 Å². The van der Waals surface area contributed by atoms with Crippen LogP contribution in [0.4, 0.5) is 11.6 Å². The number of benzene rings is 1. The van der Waals surface area contributed by atoms with Gasteiger partial charge in [-0.3, -0.25) is 4.79 Å². The van der Waals surface area contributed by atoms with Gasteiger partial charge in [-0.2, -0.15) is 4.98 Å². The van der Waals surface area contributed by atoms with E-state index in [9.17, 15) is 4.79 Å². The number of nitrogens with one attached hydrogen (secondary N) is 2. The van der Waals surface area contributed by atoms with Crippen LogP contribution >= 0.6 is 11.6 Å². The number of hydrogen-bond donors (Lipinski definition) is 2. The van der Waals surface area contributed by atoms with Crippen LogP contribution in [0, 0.1) is 0 Å². The summed E-state index contributed by atoms with van der Waals surface area (Å²) in [5, 5.41) is 7.68. The molecule has 0 saturated carbocycles. The Morgan fingerprint density at radius 1 is 1.14 bits per heavy atom. The summed E-state index contributed by atoms with van der Waals surface area (Å²) in [4.78, 5) is 27.4. The van der Waals surface area contributed by atoms with Gasteiger partial charge in [0.15, 0.2) is 11.5 Å². The fourth-order valence-electron chi connectivity index (χ4n) is 4.42. The molecule has 1 aliphatic heterocycles. The van der Waals surface area contributed by atoms with Gasteiger partial charge in [-0.15, -0.1) is 0 Å². The van der Waals surface area contributed by atoms with E-state index in [2.05, 4.69) is 42.5 Å². The van der Waals surface area contributed by atoms with Crippen molar-refractivity contribution in [2.75, 3.05) is 11.9 Å². The summed E-state index contributed by atoms with van der Waals surface area (Å²) < 4.78 is 3.47. The number of pyridine rings is 1. The molecule has 9 heteroatoms. The molecule has 0 atom stereocenters. The van der Waals surface area contributed by atoms with Crippen LogP contribution in [-0.4, -0.2) is 30.9 Å². The maximum atomic E-state index is 13.3. The summed E-state index contributed by atoms with van der Waals surface area (Å²) in [6.45, 7) is 12.0. The summed E-state index contributed by atoms with van der Waals surface area (Å²) in [6.07, 6.45) is 2.51. The lowest BCUT2D eigenvalue weighted by Crippen LogP contribution is -2.25. The fourth-order valence-corrected chi connectivity index (χ4v) is 4.66. The van der Waals surface area contributed by atoms with E-state index >= 15 is 0 Å². The number of hydrogen-bond acceptors (Lipinski definition) is 6. The quantitative estimate of drug-likeness (QED) is 0.422. The number of anilines is 2. The predicted octanol–water partition coefficient (Wildman–Crippen LogP) is 4.90. The number of nitrogens with zero attached hydrogens (tertiary/aromatic N) is 5. The molecule has 1 aliphatic rings. The smallest absolute Gasteiger partial charge is 0.278 e. The van der Waals surface area contributed by atoms with Crippen molar-refractivity contribution in [3.63, 3.8) is 0 Å². The van der Waals surface area contributed by atoms with Crippen LogP contribution in [0.25, 0.3) is 16.9 Å². The van der Waals surface area contributed by atoms with Gasteiger partial charge in [0.1, 0.15) is 5.39 Å². The summed E-state index contributed by atoms with van der Waals surface area (Å²) in [5.74, 6) is 1.01. The molecule has 8 nitrogen and oxygen atoms in total. The number of halogens is 1. The number of aromatic nitrogens is 5. The second kappa shape index (κ2) is 8.77. The molecular weight excluding hydrogens is 462 g/mol. The van der Waals surface area contributed by atoms with E-state index in [0.717, 1.165) is 30.9 Å². The van der Waals surface area contributed by atoms with Crippen molar-refractivity contribution < 1.29 is 0 Å². The zero-order valence-corrected chi connectivity index (χ0v) is 21.4. The van der Waals surface area contributed by atoms with E-state index < -0.39 is 0 Å². The lowest BCUT2D eigenvalue weighted by molar-refractivity contribution is 0.469. The molecule has 4 heterocycles. The molecule has 2 N–H and O–H groups in total. The zero-order chi connectivity index (χ0) is 24.9. The van der Waals surface area contributed by atoms with E-state index in [0.29, 0.717) is 27.8 Å². The molecule has 4 aromatic rings. The van der Waals surface area contributed by atoms with Crippen molar-refractivity contribution in [3.05, 3.63) is 68.7 Å². The molecule has 0 unspecified atom stereocenters. The minimum Gasteiger partial charge on any atom is -0.323 e. The normalized spacial score (nSPS) is 13.9. The zero-order valence-electron chi connectivity index (χ0n) is 20.7. The van der Waals surface area contributed by atoms with Gasteiger partial charge in [-0.25, -0.2) is 19.3 Å². The Bertz CT molecular complexity index is 1480. The Hall–Kier alpha value is -3.23. The molecule has 35 heavy (non-hydrogen) atoms. The predicted molar refractivity (Wildman–Crippen MR) is 140 cm³/mol. The van der Waals surface area contributed by atoms with Gasteiger partial charge in [0.2, 0.25) is 5.95 Å². The van der Waals surface area contributed by atoms with Crippen LogP contribution in [0.2, 0.25) is 5.02 Å². The molecule has 0 saturated heterocycles. The van der Waals surface area contributed by atoms with Gasteiger partial charge < -0.3 is 10.6 Å². The van der Waals surface area contributed by atoms with E-state index in [-0.39, 0.29) is 17.0 Å². The Kier molecular flexibility index (Phi) is 5.89. The summed E-state index contributed by atoms with van der Waals surface area (Å²) in [7, 11) is 0. The molecule has 5 rings (SSSR count). The van der Waals surface area contributed by atoms with Gasteiger partial charge in [0, 0.05) is 29.9 Å². The third-order valence-electron chi connectivity index (χ3n) is 6.25. The van der Waals surface area contributed by atoms with Gasteiger partial charge in [0.25, 0.3) is 5.56 Å². The first-order valence-electron chi connectivity index (χ1n) is 11.9. The van der Waals surface area contributed by atoms with Crippen molar-refractivity contribution in [2.24, 2.45) is 0 Å². The van der Waals surface area contributed by atoms with Crippen LogP contribution in [0.1, 0.15) is 57.5 Å². The second-order valence-electron chi connectivity index (χ2n) is 10.3. The van der Waals surface area contributed by atoms with Crippen molar-refractivity contribution in [1.29, 1.82) is 0 Å². The van der Waals surface area contributed by atoms with E-state index in [1.165, 1.54) is 11.1 Å². The van der Waals surface area contributed by atoms with Crippen molar-refractivity contribution in [3.8, 4) is 5.82 Å². The molecule has 182 valence electrons. The minimum atomic E-state index is -0.149. The highest BCUT2D eigenvalue weighted by Crippen LogP contribution is 2.30. The fraction of sp³-hybridized carbons (Fsp3) is 0.385. The summed E-state index contributed by atoms with van der Waals surface area (Å²) in [5.41, 5.74) is 4.35. The standard InChI is InChI=1S/C26H30ClN7O/c1-15(2)33-24(35)18-14-29-25(30-20-12-16-9-10-28-13-17(16)11-19(20)27)32-23(18)34(33)22-8-6-7-21(31-22)26(3,4)5/h6-8,11-12,14-15,28H,9-10,13H2,1-5H3,(H,29,30,32). The molecule has 0 bridgehead atoms. The second-order valence-corrected chi connectivity index (χ2v) is 10.7. The molecular formula is C26H30ClN7O.